The third kappa shape index (κ3) is 15.3. The number of hydrogen-bond donors (Lipinski definition) is 2. The van der Waals surface area contributed by atoms with Crippen molar-refractivity contribution in [2.45, 2.75) is 104 Å². The van der Waals surface area contributed by atoms with Gasteiger partial charge in [-0.25, -0.2) is 24.2 Å². The molecule has 0 aliphatic carbocycles. The van der Waals surface area contributed by atoms with Crippen LogP contribution in [0.15, 0.2) is 72.9 Å². The fourth-order valence-electron chi connectivity index (χ4n) is 4.52. The maximum absolute atomic E-state index is 13.2. The van der Waals surface area contributed by atoms with E-state index in [1.807, 2.05) is 66.7 Å². The van der Waals surface area contributed by atoms with E-state index in [9.17, 15) is 19.2 Å². The van der Waals surface area contributed by atoms with Gasteiger partial charge in [-0.1, -0.05) is 66.7 Å². The number of hydrogen-bond acceptors (Lipinski definition) is 9. The summed E-state index contributed by atoms with van der Waals surface area (Å²) in [6.45, 7) is 10.6. The molecule has 0 saturated heterocycles. The van der Waals surface area contributed by atoms with Crippen LogP contribution in [0, 0.1) is 3.70 Å². The summed E-state index contributed by atoms with van der Waals surface area (Å²) in [7, 11) is 0. The van der Waals surface area contributed by atoms with Crippen molar-refractivity contribution in [3.63, 3.8) is 0 Å². The molecule has 49 heavy (non-hydrogen) atoms. The average Bonchev–Trinajstić information content (AvgIpc) is 3.03. The molecule has 0 bridgehead atoms. The number of rotatable bonds is 14. The van der Waals surface area contributed by atoms with Gasteiger partial charge in [-0.15, -0.1) is 0 Å². The van der Waals surface area contributed by atoms with E-state index >= 15 is 0 Å². The van der Waals surface area contributed by atoms with Crippen LogP contribution in [-0.4, -0.2) is 52.4 Å². The standard InChI is InChI=1S/C37H46IN3O8/c1-36(2,3)48-34(44)40-29(32(42)46-23-25-13-9-7-10-14-25)19-17-27-21-28(31(38)39-22-27)18-20-30(41-35(45)49-37(4,5)6)33(43)47-24-26-15-11-8-12-16-26/h7-16,21-22,29-30H,17-20,23-24H2,1-6H3,(H,40,44)(H,41,45)/t29-,30-/m0/s1. The van der Waals surface area contributed by atoms with Crippen molar-refractivity contribution < 1.29 is 38.1 Å². The van der Waals surface area contributed by atoms with Gasteiger partial charge in [-0.3, -0.25) is 0 Å². The molecule has 264 valence electrons. The molecule has 1 heterocycles. The highest BCUT2D eigenvalue weighted by Crippen LogP contribution is 2.18. The number of ether oxygens (including phenoxy) is 4. The molecule has 0 saturated carbocycles. The molecule has 0 spiro atoms. The van der Waals surface area contributed by atoms with Crippen LogP contribution in [0.5, 0.6) is 0 Å². The van der Waals surface area contributed by atoms with E-state index in [-0.39, 0.29) is 26.1 Å². The zero-order valence-corrected chi connectivity index (χ0v) is 31.1. The van der Waals surface area contributed by atoms with Gasteiger partial charge in [0.15, 0.2) is 0 Å². The van der Waals surface area contributed by atoms with Gasteiger partial charge >= 0.3 is 24.1 Å². The monoisotopic (exact) mass is 787 g/mol. The van der Waals surface area contributed by atoms with Gasteiger partial charge in [0.25, 0.3) is 0 Å². The van der Waals surface area contributed by atoms with Crippen molar-refractivity contribution in [3.8, 4) is 0 Å². The molecule has 2 aromatic carbocycles. The molecular formula is C37H46IN3O8. The van der Waals surface area contributed by atoms with E-state index < -0.39 is 47.4 Å². The van der Waals surface area contributed by atoms with Crippen LogP contribution in [0.2, 0.25) is 0 Å². The van der Waals surface area contributed by atoms with Crippen molar-refractivity contribution in [3.05, 3.63) is 98.9 Å². The zero-order chi connectivity index (χ0) is 36.0. The minimum absolute atomic E-state index is 0.0625. The Bertz CT molecular complexity index is 1540. The molecule has 1 aromatic heterocycles. The molecule has 2 atom stereocenters. The first-order valence-corrected chi connectivity index (χ1v) is 17.2. The van der Waals surface area contributed by atoms with Crippen LogP contribution >= 0.6 is 22.6 Å². The van der Waals surface area contributed by atoms with Crippen molar-refractivity contribution in [1.82, 2.24) is 15.6 Å². The first kappa shape index (κ1) is 39.2. The number of nitrogens with zero attached hydrogens (tertiary/aromatic N) is 1. The molecular weight excluding hydrogens is 741 g/mol. The van der Waals surface area contributed by atoms with Crippen LogP contribution in [-0.2, 0) is 54.6 Å². The number of aromatic nitrogens is 1. The van der Waals surface area contributed by atoms with Crippen LogP contribution in [0.4, 0.5) is 9.59 Å². The quantitative estimate of drug-likeness (QED) is 0.0779. The Morgan fingerprint density at radius 2 is 1.10 bits per heavy atom. The van der Waals surface area contributed by atoms with Crippen molar-refractivity contribution in [1.29, 1.82) is 0 Å². The normalized spacial score (nSPS) is 12.6. The predicted octanol–water partition coefficient (Wildman–Crippen LogP) is 6.82. The molecule has 11 nitrogen and oxygen atoms in total. The Morgan fingerprint density at radius 3 is 1.53 bits per heavy atom. The average molecular weight is 788 g/mol. The molecule has 0 aliphatic rings. The van der Waals surface area contributed by atoms with Gasteiger partial charge in [0.1, 0.15) is 40.2 Å². The predicted molar refractivity (Wildman–Crippen MR) is 192 cm³/mol. The third-order valence-corrected chi connectivity index (χ3v) is 7.76. The van der Waals surface area contributed by atoms with Gasteiger partial charge < -0.3 is 29.6 Å². The molecule has 3 rings (SSSR count). The molecule has 0 fully saturated rings. The summed E-state index contributed by atoms with van der Waals surface area (Å²) in [4.78, 5) is 56.0. The maximum Gasteiger partial charge on any atom is 0.408 e. The fraction of sp³-hybridized carbons (Fsp3) is 0.432. The summed E-state index contributed by atoms with van der Waals surface area (Å²) in [6, 6.07) is 18.5. The Labute approximate surface area is 302 Å². The highest BCUT2D eigenvalue weighted by atomic mass is 127. The number of benzene rings is 2. The summed E-state index contributed by atoms with van der Waals surface area (Å²) in [5, 5.41) is 5.32. The van der Waals surface area contributed by atoms with Gasteiger partial charge in [-0.05, 0) is 112 Å². The lowest BCUT2D eigenvalue weighted by molar-refractivity contribution is -0.148. The fourth-order valence-corrected chi connectivity index (χ4v) is 5.09. The van der Waals surface area contributed by atoms with Gasteiger partial charge in [0.2, 0.25) is 0 Å². The molecule has 2 amide bonds. The second-order valence-electron chi connectivity index (χ2n) is 13.5. The molecule has 3 aromatic rings. The number of amides is 2. The molecule has 2 N–H and O–H groups in total. The minimum atomic E-state index is -0.972. The molecule has 0 unspecified atom stereocenters. The topological polar surface area (TPSA) is 142 Å². The number of carbonyl (C=O) groups excluding carboxylic acids is 4. The van der Waals surface area contributed by atoms with Crippen molar-refractivity contribution in [2.75, 3.05) is 0 Å². The Hall–Kier alpha value is -4.20. The number of alkyl carbamates (subject to hydrolysis) is 2. The van der Waals surface area contributed by atoms with Crippen LogP contribution in [0.3, 0.4) is 0 Å². The summed E-state index contributed by atoms with van der Waals surface area (Å²) in [6.07, 6.45) is 1.48. The highest BCUT2D eigenvalue weighted by molar-refractivity contribution is 14.1. The molecule has 0 radical (unpaired) electrons. The SMILES string of the molecule is CC(C)(C)OC(=O)N[C@@H](CCc1cnc(I)c(CC[C@H](NC(=O)OC(C)(C)C)C(=O)OCc2ccccc2)c1)C(=O)OCc1ccccc1. The second-order valence-corrected chi connectivity index (χ2v) is 14.5. The largest absolute Gasteiger partial charge is 0.459 e. The van der Waals surface area contributed by atoms with Crippen LogP contribution < -0.4 is 10.6 Å². The van der Waals surface area contributed by atoms with E-state index in [1.165, 1.54) is 0 Å². The second kappa shape index (κ2) is 18.5. The number of carbonyl (C=O) groups is 4. The smallest absolute Gasteiger partial charge is 0.408 e. The summed E-state index contributed by atoms with van der Waals surface area (Å²) < 4.78 is 22.6. The van der Waals surface area contributed by atoms with Gasteiger partial charge in [-0.2, -0.15) is 0 Å². The van der Waals surface area contributed by atoms with E-state index in [1.54, 1.807) is 47.7 Å². The zero-order valence-electron chi connectivity index (χ0n) is 28.9. The summed E-state index contributed by atoms with van der Waals surface area (Å²) in [5.74, 6) is -1.17. The van der Waals surface area contributed by atoms with E-state index in [4.69, 9.17) is 18.9 Å². The molecule has 0 aliphatic heterocycles. The minimum Gasteiger partial charge on any atom is -0.459 e. The number of aryl methyl sites for hydroxylation is 2. The summed E-state index contributed by atoms with van der Waals surface area (Å²) in [5.41, 5.74) is 1.80. The number of halogens is 1. The van der Waals surface area contributed by atoms with Gasteiger partial charge in [0.05, 0.1) is 0 Å². The first-order valence-electron chi connectivity index (χ1n) is 16.1. The highest BCUT2D eigenvalue weighted by Gasteiger charge is 2.28. The number of nitrogens with one attached hydrogen (secondary N) is 2. The third-order valence-electron chi connectivity index (χ3n) is 6.79. The van der Waals surface area contributed by atoms with Crippen LogP contribution in [0.1, 0.15) is 76.6 Å². The Kier molecular flexibility index (Phi) is 14.8. The number of pyridine rings is 1. The lowest BCUT2D eigenvalue weighted by Crippen LogP contribution is -2.44. The Balaban J connectivity index is 1.70. The van der Waals surface area contributed by atoms with E-state index in [0.29, 0.717) is 12.8 Å². The van der Waals surface area contributed by atoms with Crippen molar-refractivity contribution in [2.24, 2.45) is 0 Å². The number of esters is 2. The first-order chi connectivity index (χ1) is 23.1. The maximum atomic E-state index is 13.2. The molecule has 12 heteroatoms. The van der Waals surface area contributed by atoms with Gasteiger partial charge in [0, 0.05) is 6.20 Å². The Morgan fingerprint density at radius 1 is 0.673 bits per heavy atom. The van der Waals surface area contributed by atoms with Crippen LogP contribution in [0.25, 0.3) is 0 Å². The lowest BCUT2D eigenvalue weighted by Gasteiger charge is -2.23. The van der Waals surface area contributed by atoms with E-state index in [2.05, 4.69) is 38.2 Å². The summed E-state index contributed by atoms with van der Waals surface area (Å²) >= 11 is 2.12. The lowest BCUT2D eigenvalue weighted by atomic mass is 10.0. The van der Waals surface area contributed by atoms with E-state index in [0.717, 1.165) is 26.0 Å². The van der Waals surface area contributed by atoms with Crippen molar-refractivity contribution >= 4 is 46.7 Å².